The van der Waals surface area contributed by atoms with Gasteiger partial charge in [0.25, 0.3) is 0 Å². The van der Waals surface area contributed by atoms with Crippen LogP contribution in [0.3, 0.4) is 0 Å². The quantitative estimate of drug-likeness (QED) is 0.737. The van der Waals surface area contributed by atoms with Gasteiger partial charge >= 0.3 is 0 Å². The third kappa shape index (κ3) is 5.33. The van der Waals surface area contributed by atoms with Gasteiger partial charge in [0, 0.05) is 19.3 Å². The van der Waals surface area contributed by atoms with Crippen LogP contribution in [0.25, 0.3) is 0 Å². The van der Waals surface area contributed by atoms with Crippen LogP contribution in [0.1, 0.15) is 36.5 Å². The lowest BCUT2D eigenvalue weighted by molar-refractivity contribution is 0.142. The van der Waals surface area contributed by atoms with Gasteiger partial charge in [0.05, 0.1) is 0 Å². The van der Waals surface area contributed by atoms with Crippen LogP contribution < -0.4 is 5.73 Å². The molecule has 0 aliphatic heterocycles. The van der Waals surface area contributed by atoms with Gasteiger partial charge in [-0.15, -0.1) is 0 Å². The Balaban J connectivity index is 2.34. The van der Waals surface area contributed by atoms with E-state index >= 15 is 0 Å². The van der Waals surface area contributed by atoms with Crippen LogP contribution >= 0.6 is 0 Å². The standard InChI is InChI=1S/C15H25NO/c1-4-17-9-5-6-15(16)11-14-8-7-12(2)13(3)10-14/h7-8,10,15H,4-6,9,11,16H2,1-3H3. The molecule has 1 unspecified atom stereocenters. The fourth-order valence-corrected chi connectivity index (χ4v) is 1.93. The zero-order valence-corrected chi connectivity index (χ0v) is 11.3. The highest BCUT2D eigenvalue weighted by Gasteiger charge is 2.05. The number of hydrogen-bond acceptors (Lipinski definition) is 2. The molecule has 17 heavy (non-hydrogen) atoms. The molecule has 96 valence electrons. The fourth-order valence-electron chi connectivity index (χ4n) is 1.93. The van der Waals surface area contributed by atoms with Crippen molar-refractivity contribution < 1.29 is 4.74 Å². The molecule has 0 aromatic heterocycles. The first-order valence-corrected chi connectivity index (χ1v) is 6.53. The van der Waals surface area contributed by atoms with Crippen LogP contribution in [-0.4, -0.2) is 19.3 Å². The Morgan fingerprint density at radius 1 is 1.24 bits per heavy atom. The van der Waals surface area contributed by atoms with Crippen LogP contribution in [0.4, 0.5) is 0 Å². The number of ether oxygens (including phenoxy) is 1. The zero-order valence-electron chi connectivity index (χ0n) is 11.3. The molecule has 0 saturated heterocycles. The summed E-state index contributed by atoms with van der Waals surface area (Å²) < 4.78 is 5.31. The zero-order chi connectivity index (χ0) is 12.7. The molecule has 0 aliphatic carbocycles. The molecule has 2 nitrogen and oxygen atoms in total. The first kappa shape index (κ1) is 14.2. The molecule has 1 aromatic rings. The van der Waals surface area contributed by atoms with E-state index in [1.807, 2.05) is 6.92 Å². The molecule has 0 spiro atoms. The molecule has 1 rings (SSSR count). The highest BCUT2D eigenvalue weighted by Crippen LogP contribution is 2.12. The van der Waals surface area contributed by atoms with Crippen LogP contribution in [0.5, 0.6) is 0 Å². The molecule has 2 heteroatoms. The predicted octanol–water partition coefficient (Wildman–Crippen LogP) is 2.99. The van der Waals surface area contributed by atoms with E-state index in [1.165, 1.54) is 16.7 Å². The van der Waals surface area contributed by atoms with Crippen molar-refractivity contribution in [2.24, 2.45) is 5.73 Å². The maximum absolute atomic E-state index is 6.12. The van der Waals surface area contributed by atoms with Gasteiger partial charge in [-0.1, -0.05) is 18.2 Å². The largest absolute Gasteiger partial charge is 0.382 e. The molecule has 0 saturated carbocycles. The average Bonchev–Trinajstić information content (AvgIpc) is 2.30. The third-order valence-corrected chi connectivity index (χ3v) is 3.14. The minimum absolute atomic E-state index is 0.248. The second-order valence-corrected chi connectivity index (χ2v) is 4.72. The Morgan fingerprint density at radius 3 is 2.65 bits per heavy atom. The van der Waals surface area contributed by atoms with Crippen molar-refractivity contribution in [3.05, 3.63) is 34.9 Å². The van der Waals surface area contributed by atoms with E-state index in [0.29, 0.717) is 0 Å². The maximum atomic E-state index is 6.12. The number of hydrogen-bond donors (Lipinski definition) is 1. The van der Waals surface area contributed by atoms with E-state index in [9.17, 15) is 0 Å². The highest BCUT2D eigenvalue weighted by molar-refractivity contribution is 5.30. The van der Waals surface area contributed by atoms with Crippen molar-refractivity contribution in [1.29, 1.82) is 0 Å². The molecule has 1 atom stereocenters. The van der Waals surface area contributed by atoms with Crippen LogP contribution in [0.2, 0.25) is 0 Å². The van der Waals surface area contributed by atoms with Gasteiger partial charge in [-0.05, 0) is 56.7 Å². The minimum atomic E-state index is 0.248. The Morgan fingerprint density at radius 2 is 2.00 bits per heavy atom. The molecule has 1 aromatic carbocycles. The van der Waals surface area contributed by atoms with Crippen molar-refractivity contribution in [3.8, 4) is 0 Å². The van der Waals surface area contributed by atoms with E-state index in [4.69, 9.17) is 10.5 Å². The van der Waals surface area contributed by atoms with E-state index < -0.39 is 0 Å². The minimum Gasteiger partial charge on any atom is -0.382 e. The van der Waals surface area contributed by atoms with Crippen LogP contribution in [-0.2, 0) is 11.2 Å². The summed E-state index contributed by atoms with van der Waals surface area (Å²) in [5.74, 6) is 0. The van der Waals surface area contributed by atoms with Gasteiger partial charge in [0.1, 0.15) is 0 Å². The summed E-state index contributed by atoms with van der Waals surface area (Å²) in [6.45, 7) is 7.94. The van der Waals surface area contributed by atoms with Crippen molar-refractivity contribution in [2.75, 3.05) is 13.2 Å². The first-order valence-electron chi connectivity index (χ1n) is 6.53. The Kier molecular flexibility index (Phi) is 6.23. The summed E-state index contributed by atoms with van der Waals surface area (Å²) >= 11 is 0. The molecule has 2 N–H and O–H groups in total. The van der Waals surface area contributed by atoms with Crippen molar-refractivity contribution in [3.63, 3.8) is 0 Å². The van der Waals surface area contributed by atoms with Crippen molar-refractivity contribution in [2.45, 2.75) is 46.1 Å². The number of rotatable bonds is 7. The number of benzene rings is 1. The van der Waals surface area contributed by atoms with Crippen LogP contribution in [0.15, 0.2) is 18.2 Å². The van der Waals surface area contributed by atoms with Gasteiger partial charge in [0.15, 0.2) is 0 Å². The Bertz CT molecular complexity index is 336. The second-order valence-electron chi connectivity index (χ2n) is 4.72. The fraction of sp³-hybridized carbons (Fsp3) is 0.600. The topological polar surface area (TPSA) is 35.2 Å². The second kappa shape index (κ2) is 7.46. The van der Waals surface area contributed by atoms with Gasteiger partial charge in [-0.2, -0.15) is 0 Å². The summed E-state index contributed by atoms with van der Waals surface area (Å²) in [6, 6.07) is 6.86. The molecule has 0 heterocycles. The smallest absolute Gasteiger partial charge is 0.0466 e. The maximum Gasteiger partial charge on any atom is 0.0466 e. The number of aryl methyl sites for hydroxylation is 2. The molecule has 0 aliphatic rings. The first-order chi connectivity index (χ1) is 8.13. The highest BCUT2D eigenvalue weighted by atomic mass is 16.5. The predicted molar refractivity (Wildman–Crippen MR) is 73.3 cm³/mol. The summed E-state index contributed by atoms with van der Waals surface area (Å²) in [6.07, 6.45) is 3.06. The molecular formula is C15H25NO. The van der Waals surface area contributed by atoms with Gasteiger partial charge in [0.2, 0.25) is 0 Å². The SMILES string of the molecule is CCOCCCC(N)Cc1ccc(C)c(C)c1. The molecular weight excluding hydrogens is 210 g/mol. The summed E-state index contributed by atoms with van der Waals surface area (Å²) in [5.41, 5.74) is 10.2. The van der Waals surface area contributed by atoms with Gasteiger partial charge in [-0.25, -0.2) is 0 Å². The van der Waals surface area contributed by atoms with Crippen molar-refractivity contribution in [1.82, 2.24) is 0 Å². The van der Waals surface area contributed by atoms with E-state index in [2.05, 4.69) is 32.0 Å². The third-order valence-electron chi connectivity index (χ3n) is 3.14. The summed E-state index contributed by atoms with van der Waals surface area (Å²) in [5, 5.41) is 0. The summed E-state index contributed by atoms with van der Waals surface area (Å²) in [4.78, 5) is 0. The molecule has 0 fully saturated rings. The Labute approximate surface area is 105 Å². The van der Waals surface area contributed by atoms with Gasteiger partial charge in [-0.3, -0.25) is 0 Å². The Hall–Kier alpha value is -0.860. The van der Waals surface area contributed by atoms with E-state index in [0.717, 1.165) is 32.5 Å². The molecule has 0 amide bonds. The lowest BCUT2D eigenvalue weighted by atomic mass is 9.99. The monoisotopic (exact) mass is 235 g/mol. The van der Waals surface area contributed by atoms with E-state index in [-0.39, 0.29) is 6.04 Å². The van der Waals surface area contributed by atoms with Gasteiger partial charge < -0.3 is 10.5 Å². The van der Waals surface area contributed by atoms with Crippen molar-refractivity contribution >= 4 is 0 Å². The average molecular weight is 235 g/mol. The molecule has 0 bridgehead atoms. The van der Waals surface area contributed by atoms with E-state index in [1.54, 1.807) is 0 Å². The van der Waals surface area contributed by atoms with Crippen LogP contribution in [0, 0.1) is 13.8 Å². The lowest BCUT2D eigenvalue weighted by Gasteiger charge is -2.12. The normalized spacial score (nSPS) is 12.7. The lowest BCUT2D eigenvalue weighted by Crippen LogP contribution is -2.23. The summed E-state index contributed by atoms with van der Waals surface area (Å²) in [7, 11) is 0. The molecule has 0 radical (unpaired) electrons. The number of nitrogens with two attached hydrogens (primary N) is 1.